The largest absolute Gasteiger partial charge is 0.465 e. The second kappa shape index (κ2) is 9.44. The molecule has 5 nitrogen and oxygen atoms in total. The number of rotatable bonds is 9. The lowest BCUT2D eigenvalue weighted by Gasteiger charge is -2.24. The molecule has 0 aliphatic rings. The van der Waals surface area contributed by atoms with Gasteiger partial charge in [0.15, 0.2) is 0 Å². The summed E-state index contributed by atoms with van der Waals surface area (Å²) < 4.78 is 11.1. The lowest BCUT2D eigenvalue weighted by atomic mass is 10.3. The maximum Gasteiger partial charge on any atom is 0.407 e. The van der Waals surface area contributed by atoms with E-state index in [2.05, 4.69) is 0 Å². The zero-order valence-electron chi connectivity index (χ0n) is 11.3. The molecule has 6 heteroatoms. The van der Waals surface area contributed by atoms with Crippen LogP contribution in [0.15, 0.2) is 0 Å². The lowest BCUT2D eigenvalue weighted by molar-refractivity contribution is 0.131. The zero-order valence-corrected chi connectivity index (χ0v) is 12.5. The van der Waals surface area contributed by atoms with Crippen molar-refractivity contribution in [3.63, 3.8) is 0 Å². The van der Waals surface area contributed by atoms with Crippen LogP contribution < -0.4 is 0 Å². The van der Waals surface area contributed by atoms with Crippen molar-refractivity contribution in [2.24, 2.45) is 0 Å². The molecule has 0 rings (SSSR count). The summed E-state index contributed by atoms with van der Waals surface area (Å²) >= 11 is 0. The van der Waals surface area contributed by atoms with Gasteiger partial charge in [-0.25, -0.2) is 4.79 Å². The zero-order chi connectivity index (χ0) is 13.3. The van der Waals surface area contributed by atoms with Crippen molar-refractivity contribution in [1.82, 2.24) is 4.90 Å². The third kappa shape index (κ3) is 7.35. The van der Waals surface area contributed by atoms with Gasteiger partial charge in [0, 0.05) is 25.8 Å². The minimum Gasteiger partial charge on any atom is -0.465 e. The van der Waals surface area contributed by atoms with Crippen LogP contribution in [0.1, 0.15) is 34.1 Å². The smallest absolute Gasteiger partial charge is 0.407 e. The Balaban J connectivity index is 3.95. The lowest BCUT2D eigenvalue weighted by Crippen LogP contribution is -2.37. The molecule has 0 saturated carbocycles. The molecule has 0 atom stereocenters. The summed E-state index contributed by atoms with van der Waals surface area (Å²) in [5, 5.41) is 8.99. The number of carbonyl (C=O) groups is 1. The minimum absolute atomic E-state index is 0.0202. The van der Waals surface area contributed by atoms with Gasteiger partial charge < -0.3 is 18.9 Å². The summed E-state index contributed by atoms with van der Waals surface area (Å²) in [6.07, 6.45) is -0.0486. The van der Waals surface area contributed by atoms with Crippen molar-refractivity contribution in [3.05, 3.63) is 0 Å². The van der Waals surface area contributed by atoms with E-state index < -0.39 is 15.4 Å². The highest BCUT2D eigenvalue weighted by atomic mass is 28.3. The van der Waals surface area contributed by atoms with E-state index in [4.69, 9.17) is 14.0 Å². The summed E-state index contributed by atoms with van der Waals surface area (Å²) in [6, 6.07) is 0.879. The van der Waals surface area contributed by atoms with Crippen molar-refractivity contribution in [1.29, 1.82) is 0 Å². The summed E-state index contributed by atoms with van der Waals surface area (Å²) in [4.78, 5) is 12.4. The van der Waals surface area contributed by atoms with Gasteiger partial charge in [-0.15, -0.1) is 0 Å². The molecule has 1 N–H and O–H groups in total. The van der Waals surface area contributed by atoms with Crippen LogP contribution in [0.5, 0.6) is 0 Å². The SMILES string of the molecule is CCO[SiH](CCCN(C(=O)O)C(C)C)OCC. The highest BCUT2D eigenvalue weighted by Crippen LogP contribution is 2.06. The highest BCUT2D eigenvalue weighted by Gasteiger charge is 2.17. The van der Waals surface area contributed by atoms with E-state index in [0.717, 1.165) is 12.5 Å². The molecule has 0 bridgehead atoms. The fourth-order valence-electron chi connectivity index (χ4n) is 1.59. The molecule has 1 amide bonds. The normalized spacial score (nSPS) is 11.2. The monoisotopic (exact) mass is 263 g/mol. The Kier molecular flexibility index (Phi) is 9.11. The molecule has 0 aromatic rings. The van der Waals surface area contributed by atoms with Crippen molar-refractivity contribution in [2.75, 3.05) is 19.8 Å². The fraction of sp³-hybridized carbons (Fsp3) is 0.909. The molecule has 0 heterocycles. The molecular weight excluding hydrogens is 238 g/mol. The van der Waals surface area contributed by atoms with Crippen LogP contribution in [0.2, 0.25) is 6.04 Å². The Morgan fingerprint density at radius 1 is 1.29 bits per heavy atom. The average molecular weight is 263 g/mol. The van der Waals surface area contributed by atoms with Crippen molar-refractivity contribution < 1.29 is 18.8 Å². The Labute approximate surface area is 106 Å². The van der Waals surface area contributed by atoms with Gasteiger partial charge in [0.1, 0.15) is 0 Å². The molecule has 102 valence electrons. The minimum atomic E-state index is -1.58. The van der Waals surface area contributed by atoms with Gasteiger partial charge in [-0.2, -0.15) is 0 Å². The molecule has 0 unspecified atom stereocenters. The molecule has 0 aromatic heterocycles. The number of hydrogen-bond acceptors (Lipinski definition) is 3. The summed E-state index contributed by atoms with van der Waals surface area (Å²) in [5.41, 5.74) is 0. The van der Waals surface area contributed by atoms with Gasteiger partial charge in [-0.3, -0.25) is 0 Å². The number of nitrogens with zero attached hydrogens (tertiary/aromatic N) is 1. The van der Waals surface area contributed by atoms with E-state index >= 15 is 0 Å². The first-order chi connectivity index (χ1) is 8.02. The van der Waals surface area contributed by atoms with Crippen LogP contribution >= 0.6 is 0 Å². The molecule has 0 radical (unpaired) electrons. The number of amides is 1. The highest BCUT2D eigenvalue weighted by molar-refractivity contribution is 6.44. The van der Waals surface area contributed by atoms with Crippen LogP contribution in [0.25, 0.3) is 0 Å². The predicted octanol–water partition coefficient (Wildman–Crippen LogP) is 2.06. The van der Waals surface area contributed by atoms with E-state index in [1.54, 1.807) is 0 Å². The quantitative estimate of drug-likeness (QED) is 0.647. The van der Waals surface area contributed by atoms with Crippen molar-refractivity contribution >= 4 is 15.4 Å². The topological polar surface area (TPSA) is 59.0 Å². The van der Waals surface area contributed by atoms with Crippen LogP contribution in [0, 0.1) is 0 Å². The van der Waals surface area contributed by atoms with E-state index in [-0.39, 0.29) is 6.04 Å². The van der Waals surface area contributed by atoms with E-state index in [1.807, 2.05) is 27.7 Å². The first-order valence-corrected chi connectivity index (χ1v) is 8.01. The Hall–Kier alpha value is -0.593. The van der Waals surface area contributed by atoms with E-state index in [1.165, 1.54) is 4.90 Å². The van der Waals surface area contributed by atoms with Crippen molar-refractivity contribution in [3.8, 4) is 0 Å². The van der Waals surface area contributed by atoms with Gasteiger partial charge >= 0.3 is 15.4 Å². The maximum absolute atomic E-state index is 10.9. The van der Waals surface area contributed by atoms with Crippen LogP contribution in [0.3, 0.4) is 0 Å². The molecule has 0 saturated heterocycles. The number of hydrogen-bond donors (Lipinski definition) is 1. The summed E-state index contributed by atoms with van der Waals surface area (Å²) in [6.45, 7) is 9.57. The van der Waals surface area contributed by atoms with Crippen LogP contribution in [0.4, 0.5) is 4.79 Å². The second-order valence-corrected chi connectivity index (χ2v) is 6.16. The Morgan fingerprint density at radius 2 is 1.82 bits per heavy atom. The Morgan fingerprint density at radius 3 is 2.18 bits per heavy atom. The van der Waals surface area contributed by atoms with Crippen LogP contribution in [-0.4, -0.2) is 51.2 Å². The first kappa shape index (κ1) is 16.4. The van der Waals surface area contributed by atoms with Gasteiger partial charge in [-0.1, -0.05) is 0 Å². The van der Waals surface area contributed by atoms with Gasteiger partial charge in [-0.05, 0) is 40.2 Å². The van der Waals surface area contributed by atoms with E-state index in [0.29, 0.717) is 19.8 Å². The fourth-order valence-corrected chi connectivity index (χ4v) is 3.28. The molecular formula is C11H25NO4Si. The van der Waals surface area contributed by atoms with Gasteiger partial charge in [0.25, 0.3) is 0 Å². The van der Waals surface area contributed by atoms with Crippen molar-refractivity contribution in [2.45, 2.75) is 46.2 Å². The summed E-state index contributed by atoms with van der Waals surface area (Å²) in [5.74, 6) is 0. The second-order valence-electron chi connectivity index (χ2n) is 4.05. The molecule has 0 fully saturated rings. The number of carboxylic acid groups (broad SMARTS) is 1. The van der Waals surface area contributed by atoms with Gasteiger partial charge in [0.2, 0.25) is 0 Å². The molecule has 0 aliphatic carbocycles. The maximum atomic E-state index is 10.9. The van der Waals surface area contributed by atoms with Crippen LogP contribution in [-0.2, 0) is 8.85 Å². The van der Waals surface area contributed by atoms with Gasteiger partial charge in [0.05, 0.1) is 0 Å². The third-order valence-corrected chi connectivity index (χ3v) is 4.70. The molecule has 0 aromatic carbocycles. The first-order valence-electron chi connectivity index (χ1n) is 6.25. The molecule has 17 heavy (non-hydrogen) atoms. The molecule has 0 aliphatic heterocycles. The standard InChI is InChI=1S/C11H25NO4Si/c1-5-15-17(16-6-2)9-7-8-12(10(3)4)11(13)14/h10,17H,5-9H2,1-4H3,(H,13,14). The Bertz CT molecular complexity index is 208. The van der Waals surface area contributed by atoms with E-state index in [9.17, 15) is 4.79 Å². The average Bonchev–Trinajstić information content (AvgIpc) is 2.23. The summed E-state index contributed by atoms with van der Waals surface area (Å²) in [7, 11) is -1.58. The predicted molar refractivity (Wildman–Crippen MR) is 69.7 cm³/mol. The molecule has 0 spiro atoms. The third-order valence-electron chi connectivity index (χ3n) is 2.41.